The average molecular weight is 191 g/mol. The molecule has 3 nitrogen and oxygen atoms in total. The van der Waals surface area contributed by atoms with Gasteiger partial charge in [0, 0.05) is 11.8 Å². The van der Waals surface area contributed by atoms with Gasteiger partial charge in [0.25, 0.3) is 0 Å². The standard InChI is InChI=1S/C11H13NO2/c1-13-10-4-2-3-8-7-9(5-6-12)14-11(8)10/h2-4,7H,5-6,12H2,1H3. The Morgan fingerprint density at radius 2 is 2.29 bits per heavy atom. The minimum Gasteiger partial charge on any atom is -0.493 e. The second-order valence-corrected chi connectivity index (χ2v) is 3.13. The van der Waals surface area contributed by atoms with Crippen molar-refractivity contribution in [3.63, 3.8) is 0 Å². The summed E-state index contributed by atoms with van der Waals surface area (Å²) in [6.07, 6.45) is 0.762. The van der Waals surface area contributed by atoms with E-state index in [0.29, 0.717) is 6.54 Å². The molecule has 1 aromatic heterocycles. The molecule has 0 aliphatic heterocycles. The van der Waals surface area contributed by atoms with Crippen molar-refractivity contribution in [1.29, 1.82) is 0 Å². The lowest BCUT2D eigenvalue weighted by Gasteiger charge is -1.98. The second-order valence-electron chi connectivity index (χ2n) is 3.13. The van der Waals surface area contributed by atoms with Gasteiger partial charge in [-0.2, -0.15) is 0 Å². The number of ether oxygens (including phenoxy) is 1. The number of para-hydroxylation sites is 1. The van der Waals surface area contributed by atoms with Gasteiger partial charge >= 0.3 is 0 Å². The number of furan rings is 1. The summed E-state index contributed by atoms with van der Waals surface area (Å²) < 4.78 is 10.8. The minimum atomic E-state index is 0.599. The molecule has 0 radical (unpaired) electrons. The summed E-state index contributed by atoms with van der Waals surface area (Å²) in [6.45, 7) is 0.599. The van der Waals surface area contributed by atoms with Crippen LogP contribution in [0.5, 0.6) is 5.75 Å². The number of methoxy groups -OCH3 is 1. The molecule has 1 aromatic carbocycles. The summed E-state index contributed by atoms with van der Waals surface area (Å²) in [4.78, 5) is 0. The van der Waals surface area contributed by atoms with Crippen molar-refractivity contribution in [2.24, 2.45) is 5.73 Å². The highest BCUT2D eigenvalue weighted by Crippen LogP contribution is 2.28. The Bertz CT molecular complexity index is 434. The van der Waals surface area contributed by atoms with Crippen LogP contribution in [-0.2, 0) is 6.42 Å². The predicted molar refractivity (Wildman–Crippen MR) is 55.5 cm³/mol. The van der Waals surface area contributed by atoms with Gasteiger partial charge in [-0.1, -0.05) is 12.1 Å². The van der Waals surface area contributed by atoms with Crippen LogP contribution >= 0.6 is 0 Å². The lowest BCUT2D eigenvalue weighted by atomic mass is 10.2. The number of benzene rings is 1. The van der Waals surface area contributed by atoms with Crippen molar-refractivity contribution in [2.75, 3.05) is 13.7 Å². The molecule has 0 saturated heterocycles. The van der Waals surface area contributed by atoms with Crippen molar-refractivity contribution < 1.29 is 9.15 Å². The van der Waals surface area contributed by atoms with E-state index in [9.17, 15) is 0 Å². The van der Waals surface area contributed by atoms with Gasteiger partial charge in [-0.05, 0) is 18.7 Å². The number of hydrogen-bond acceptors (Lipinski definition) is 3. The fraction of sp³-hybridized carbons (Fsp3) is 0.273. The number of rotatable bonds is 3. The summed E-state index contributed by atoms with van der Waals surface area (Å²) in [5.41, 5.74) is 6.27. The summed E-state index contributed by atoms with van der Waals surface area (Å²) in [7, 11) is 1.64. The molecule has 0 unspecified atom stereocenters. The zero-order valence-corrected chi connectivity index (χ0v) is 8.12. The molecule has 2 N–H and O–H groups in total. The monoisotopic (exact) mass is 191 g/mol. The highest BCUT2D eigenvalue weighted by atomic mass is 16.5. The molecule has 0 saturated carbocycles. The van der Waals surface area contributed by atoms with Crippen LogP contribution in [0.2, 0.25) is 0 Å². The molecule has 0 atom stereocenters. The normalized spacial score (nSPS) is 10.7. The molecule has 74 valence electrons. The van der Waals surface area contributed by atoms with Gasteiger partial charge in [0.05, 0.1) is 7.11 Å². The van der Waals surface area contributed by atoms with Crippen LogP contribution < -0.4 is 10.5 Å². The van der Waals surface area contributed by atoms with Gasteiger partial charge in [0.15, 0.2) is 11.3 Å². The summed E-state index contributed by atoms with van der Waals surface area (Å²) >= 11 is 0. The molecule has 0 spiro atoms. The van der Waals surface area contributed by atoms with E-state index in [1.807, 2.05) is 24.3 Å². The number of nitrogens with two attached hydrogens (primary N) is 1. The van der Waals surface area contributed by atoms with E-state index < -0.39 is 0 Å². The number of hydrogen-bond donors (Lipinski definition) is 1. The van der Waals surface area contributed by atoms with Gasteiger partial charge in [-0.15, -0.1) is 0 Å². The van der Waals surface area contributed by atoms with Crippen molar-refractivity contribution in [2.45, 2.75) is 6.42 Å². The van der Waals surface area contributed by atoms with E-state index in [1.165, 1.54) is 0 Å². The van der Waals surface area contributed by atoms with Crippen LogP contribution in [0.1, 0.15) is 5.76 Å². The first-order chi connectivity index (χ1) is 6.85. The van der Waals surface area contributed by atoms with Crippen LogP contribution in [0.3, 0.4) is 0 Å². The lowest BCUT2D eigenvalue weighted by Crippen LogP contribution is -2.01. The maximum atomic E-state index is 5.63. The van der Waals surface area contributed by atoms with Crippen LogP contribution in [0.25, 0.3) is 11.0 Å². The highest BCUT2D eigenvalue weighted by molar-refractivity contribution is 5.83. The summed E-state index contributed by atoms with van der Waals surface area (Å²) in [5, 5.41) is 1.06. The van der Waals surface area contributed by atoms with E-state index in [0.717, 1.165) is 28.9 Å². The molecule has 2 aromatic rings. The third kappa shape index (κ3) is 1.46. The molecule has 1 heterocycles. The van der Waals surface area contributed by atoms with Gasteiger partial charge in [0.1, 0.15) is 5.76 Å². The number of fused-ring (bicyclic) bond motifs is 1. The molecular weight excluding hydrogens is 178 g/mol. The predicted octanol–water partition coefficient (Wildman–Crippen LogP) is 1.94. The van der Waals surface area contributed by atoms with Crippen molar-refractivity contribution in [3.05, 3.63) is 30.0 Å². The first-order valence-corrected chi connectivity index (χ1v) is 4.60. The van der Waals surface area contributed by atoms with Crippen molar-refractivity contribution in [3.8, 4) is 5.75 Å². The van der Waals surface area contributed by atoms with E-state index >= 15 is 0 Å². The molecule has 14 heavy (non-hydrogen) atoms. The zero-order valence-electron chi connectivity index (χ0n) is 8.12. The molecule has 0 fully saturated rings. The average Bonchev–Trinajstić information content (AvgIpc) is 2.60. The van der Waals surface area contributed by atoms with Crippen molar-refractivity contribution in [1.82, 2.24) is 0 Å². The van der Waals surface area contributed by atoms with E-state index in [-0.39, 0.29) is 0 Å². The quantitative estimate of drug-likeness (QED) is 0.806. The Morgan fingerprint density at radius 3 is 3.00 bits per heavy atom. The maximum absolute atomic E-state index is 5.63. The molecule has 2 rings (SSSR count). The van der Waals surface area contributed by atoms with Gasteiger partial charge in [-0.3, -0.25) is 0 Å². The summed E-state index contributed by atoms with van der Waals surface area (Å²) in [6, 6.07) is 7.84. The fourth-order valence-electron chi connectivity index (χ4n) is 1.52. The maximum Gasteiger partial charge on any atom is 0.176 e. The minimum absolute atomic E-state index is 0.599. The first-order valence-electron chi connectivity index (χ1n) is 4.60. The largest absolute Gasteiger partial charge is 0.493 e. The Balaban J connectivity index is 2.52. The smallest absolute Gasteiger partial charge is 0.176 e. The van der Waals surface area contributed by atoms with Crippen LogP contribution in [0, 0.1) is 0 Å². The second kappa shape index (κ2) is 3.72. The van der Waals surface area contributed by atoms with E-state index in [4.69, 9.17) is 14.9 Å². The molecule has 0 aliphatic rings. The Kier molecular flexibility index (Phi) is 2.41. The Labute approximate surface area is 82.5 Å². The first kappa shape index (κ1) is 9.09. The van der Waals surface area contributed by atoms with Crippen molar-refractivity contribution >= 4 is 11.0 Å². The van der Waals surface area contributed by atoms with Crippen LogP contribution in [0.4, 0.5) is 0 Å². The zero-order chi connectivity index (χ0) is 9.97. The van der Waals surface area contributed by atoms with Crippen LogP contribution in [-0.4, -0.2) is 13.7 Å². The Hall–Kier alpha value is -1.48. The van der Waals surface area contributed by atoms with Gasteiger partial charge < -0.3 is 14.9 Å². The SMILES string of the molecule is COc1cccc2cc(CCN)oc12. The van der Waals surface area contributed by atoms with Crippen LogP contribution in [0.15, 0.2) is 28.7 Å². The summed E-state index contributed by atoms with van der Waals surface area (Å²) in [5.74, 6) is 1.68. The van der Waals surface area contributed by atoms with E-state index in [2.05, 4.69) is 0 Å². The fourth-order valence-corrected chi connectivity index (χ4v) is 1.52. The molecule has 3 heteroatoms. The van der Waals surface area contributed by atoms with Gasteiger partial charge in [0.2, 0.25) is 0 Å². The lowest BCUT2D eigenvalue weighted by molar-refractivity contribution is 0.407. The van der Waals surface area contributed by atoms with Gasteiger partial charge in [-0.25, -0.2) is 0 Å². The van der Waals surface area contributed by atoms with E-state index in [1.54, 1.807) is 7.11 Å². The third-order valence-electron chi connectivity index (χ3n) is 2.17. The molecule has 0 bridgehead atoms. The molecular formula is C11H13NO2. The molecule has 0 amide bonds. The third-order valence-corrected chi connectivity index (χ3v) is 2.17. The Morgan fingerprint density at radius 1 is 1.43 bits per heavy atom. The molecule has 0 aliphatic carbocycles. The highest BCUT2D eigenvalue weighted by Gasteiger charge is 2.07. The topological polar surface area (TPSA) is 48.4 Å².